The normalized spacial score (nSPS) is 25.3. The maximum absolute atomic E-state index is 12.7. The van der Waals surface area contributed by atoms with Crippen LogP contribution in [-0.4, -0.2) is 47.6 Å². The molecule has 2 aromatic rings. The molecule has 2 bridgehead atoms. The first-order valence-electron chi connectivity index (χ1n) is 17.7. The molecule has 0 saturated heterocycles. The summed E-state index contributed by atoms with van der Waals surface area (Å²) in [5, 5.41) is 25.2. The number of benzene rings is 2. The van der Waals surface area contributed by atoms with Crippen LogP contribution in [0.25, 0.3) is 0 Å². The van der Waals surface area contributed by atoms with Gasteiger partial charge in [0.25, 0.3) is 6.23 Å². The number of aliphatic hydroxyl groups excluding tert-OH is 2. The average molecular weight is 662 g/mol. The Hall–Kier alpha value is -4.22. The highest BCUT2D eigenvalue weighted by molar-refractivity contribution is 5.87. The SMILES string of the molecule is CCCCC[C@@H](O)CC(=O)CCc1ccc2c(c1)O[C@@H]1[C@H](C#C[C@H](O)c3ccc4c(c3CC3=C5C[NH+]1C=C5N=C3)CCN[C@H]4N)CC#CO2. The first-order valence-corrected chi connectivity index (χ1v) is 17.7. The van der Waals surface area contributed by atoms with Gasteiger partial charge in [-0.3, -0.25) is 20.0 Å². The maximum Gasteiger partial charge on any atom is 0.251 e. The highest BCUT2D eigenvalue weighted by Crippen LogP contribution is 2.36. The van der Waals surface area contributed by atoms with E-state index in [0.717, 1.165) is 70.7 Å². The summed E-state index contributed by atoms with van der Waals surface area (Å²) >= 11 is 0. The summed E-state index contributed by atoms with van der Waals surface area (Å²) in [5.41, 5.74) is 14.8. The molecular weight excluding hydrogens is 616 g/mol. The minimum Gasteiger partial charge on any atom is -0.437 e. The van der Waals surface area contributed by atoms with Gasteiger partial charge in [0.05, 0.1) is 12.3 Å². The van der Waals surface area contributed by atoms with Gasteiger partial charge in [0.2, 0.25) is 0 Å². The molecule has 0 aromatic heterocycles. The van der Waals surface area contributed by atoms with Gasteiger partial charge in [0.15, 0.2) is 11.5 Å². The van der Waals surface area contributed by atoms with Gasteiger partial charge >= 0.3 is 0 Å². The number of carbonyl (C=O) groups is 1. The standard InChI is InChI=1S/C40H44N4O5/c1-2-3-4-7-28(45)21-29(46)11-8-25-9-15-37-38(19-25)49-40-26(6-5-18-48-37)10-14-36(47)31-12-13-32-30(16-17-42-39(32)41)33(31)20-27-22-43-35-24-44(40)23-34(27)35/h9,12-13,15,19,22,24,26,28,36,39-40,42,45,47H,2-4,6-8,11,16-17,20-21,23,41H2,1H3/p+1/t26-,28+,36-,39+,40+/m0/s1. The molecule has 0 radical (unpaired) electrons. The topological polar surface area (TPSA) is 131 Å². The van der Waals surface area contributed by atoms with E-state index in [2.05, 4.69) is 42.3 Å². The van der Waals surface area contributed by atoms with Crippen LogP contribution in [0.3, 0.4) is 0 Å². The molecule has 49 heavy (non-hydrogen) atoms. The van der Waals surface area contributed by atoms with Crippen LogP contribution >= 0.6 is 0 Å². The third kappa shape index (κ3) is 7.23. The lowest BCUT2D eigenvalue weighted by atomic mass is 9.84. The summed E-state index contributed by atoms with van der Waals surface area (Å²) in [4.78, 5) is 18.6. The van der Waals surface area contributed by atoms with Gasteiger partial charge in [0.1, 0.15) is 42.4 Å². The highest BCUT2D eigenvalue weighted by Gasteiger charge is 2.40. The molecule has 254 valence electrons. The molecule has 1 unspecified atom stereocenters. The van der Waals surface area contributed by atoms with Crippen LogP contribution in [0.1, 0.15) is 92.0 Å². The van der Waals surface area contributed by atoms with Gasteiger partial charge < -0.3 is 25.4 Å². The fourth-order valence-electron chi connectivity index (χ4n) is 7.55. The van der Waals surface area contributed by atoms with Crippen LogP contribution in [0.5, 0.6) is 11.5 Å². The van der Waals surface area contributed by atoms with Crippen LogP contribution in [0.4, 0.5) is 0 Å². The van der Waals surface area contributed by atoms with Crippen LogP contribution in [-0.2, 0) is 24.1 Å². The average Bonchev–Trinajstić information content (AvgIpc) is 3.70. The predicted octanol–water partition coefficient (Wildman–Crippen LogP) is 3.10. The summed E-state index contributed by atoms with van der Waals surface area (Å²) in [5.74, 6) is 10.4. The summed E-state index contributed by atoms with van der Waals surface area (Å²) in [6.07, 6.45) is 11.3. The summed E-state index contributed by atoms with van der Waals surface area (Å²) in [6, 6.07) is 9.68. The quantitative estimate of drug-likeness (QED) is 0.206. The summed E-state index contributed by atoms with van der Waals surface area (Å²) in [6.45, 7) is 3.58. The van der Waals surface area contributed by atoms with E-state index in [4.69, 9.17) is 20.2 Å². The third-order valence-electron chi connectivity index (χ3n) is 10.2. The number of quaternary nitrogens is 1. The van der Waals surface area contributed by atoms with Crippen molar-refractivity contribution in [3.05, 3.63) is 81.2 Å². The van der Waals surface area contributed by atoms with Crippen molar-refractivity contribution in [1.29, 1.82) is 0 Å². The molecule has 6 atom stereocenters. The lowest BCUT2D eigenvalue weighted by Gasteiger charge is -2.29. The monoisotopic (exact) mass is 661 g/mol. The van der Waals surface area contributed by atoms with E-state index in [1.807, 2.05) is 36.5 Å². The molecule has 9 nitrogen and oxygen atoms in total. The predicted molar refractivity (Wildman–Crippen MR) is 186 cm³/mol. The smallest absolute Gasteiger partial charge is 0.251 e. The van der Waals surface area contributed by atoms with E-state index >= 15 is 0 Å². The molecule has 0 aliphatic carbocycles. The number of nitrogens with zero attached hydrogens (tertiary/aromatic N) is 1. The molecule has 6 N–H and O–H groups in total. The van der Waals surface area contributed by atoms with E-state index in [9.17, 15) is 15.0 Å². The number of hydrogen-bond acceptors (Lipinski definition) is 8. The highest BCUT2D eigenvalue weighted by atomic mass is 16.5. The number of allylic oxidation sites excluding steroid dienone is 1. The molecule has 0 fully saturated rings. The molecule has 9 heteroatoms. The van der Waals surface area contributed by atoms with Crippen molar-refractivity contribution in [2.75, 3.05) is 13.1 Å². The zero-order valence-corrected chi connectivity index (χ0v) is 28.1. The first kappa shape index (κ1) is 33.3. The number of aliphatic imine (C=N–C) groups is 1. The number of ketones is 1. The number of carbonyl (C=O) groups excluding carboxylic acids is 1. The fourth-order valence-corrected chi connectivity index (χ4v) is 7.55. The minimum absolute atomic E-state index is 0.0506. The van der Waals surface area contributed by atoms with Gasteiger partial charge in [-0.2, -0.15) is 0 Å². The van der Waals surface area contributed by atoms with Crippen molar-refractivity contribution in [3.8, 4) is 35.4 Å². The number of Topliss-reactive ketones (excluding diaryl/α,β-unsaturated/α-hetero) is 1. The number of rotatable bonds is 9. The van der Waals surface area contributed by atoms with E-state index in [1.165, 1.54) is 11.1 Å². The number of hydrogen-bond donors (Lipinski definition) is 5. The van der Waals surface area contributed by atoms with E-state index in [-0.39, 0.29) is 24.3 Å². The molecule has 5 heterocycles. The second-order valence-corrected chi connectivity index (χ2v) is 13.7. The van der Waals surface area contributed by atoms with Crippen molar-refractivity contribution in [1.82, 2.24) is 5.32 Å². The minimum atomic E-state index is -0.996. The van der Waals surface area contributed by atoms with Crippen LogP contribution in [0.15, 0.2) is 58.4 Å². The number of nitrogens with two attached hydrogens (primary N) is 1. The van der Waals surface area contributed by atoms with Gasteiger partial charge in [-0.15, -0.1) is 0 Å². The third-order valence-corrected chi connectivity index (χ3v) is 10.2. The number of unbranched alkanes of at least 4 members (excludes halogenated alkanes) is 2. The second-order valence-electron chi connectivity index (χ2n) is 13.7. The zero-order valence-electron chi connectivity index (χ0n) is 28.1. The Kier molecular flexibility index (Phi) is 10.00. The van der Waals surface area contributed by atoms with Gasteiger partial charge in [-0.1, -0.05) is 62.1 Å². The van der Waals surface area contributed by atoms with Crippen molar-refractivity contribution < 1.29 is 29.4 Å². The lowest BCUT2D eigenvalue weighted by molar-refractivity contribution is -0.889. The van der Waals surface area contributed by atoms with E-state index in [0.29, 0.717) is 50.1 Å². The Labute approximate surface area is 288 Å². The van der Waals surface area contributed by atoms with Gasteiger partial charge in [-0.05, 0) is 64.8 Å². The van der Waals surface area contributed by atoms with Gasteiger partial charge in [-0.25, -0.2) is 0 Å². The molecule has 7 rings (SSSR count). The Bertz CT molecular complexity index is 1840. The fraction of sp³-hybridized carbons (Fsp3) is 0.450. The number of fused-ring (bicyclic) bond motifs is 7. The number of ether oxygens (including phenoxy) is 2. The zero-order chi connectivity index (χ0) is 33.9. The van der Waals surface area contributed by atoms with Crippen LogP contribution in [0.2, 0.25) is 0 Å². The van der Waals surface area contributed by atoms with E-state index in [1.54, 1.807) is 0 Å². The van der Waals surface area contributed by atoms with Crippen LogP contribution < -0.4 is 25.4 Å². The lowest BCUT2D eigenvalue weighted by Crippen LogP contribution is -3.12. The molecule has 0 spiro atoms. The Morgan fingerprint density at radius 3 is 2.92 bits per heavy atom. The molecule has 5 aliphatic rings. The first-order chi connectivity index (χ1) is 23.9. The van der Waals surface area contributed by atoms with Crippen molar-refractivity contribution in [2.24, 2.45) is 16.6 Å². The van der Waals surface area contributed by atoms with Crippen molar-refractivity contribution in [3.63, 3.8) is 0 Å². The van der Waals surface area contributed by atoms with Crippen molar-refractivity contribution in [2.45, 2.75) is 95.7 Å². The summed E-state index contributed by atoms with van der Waals surface area (Å²) in [7, 11) is 0. The number of aliphatic hydroxyl groups is 2. The second kappa shape index (κ2) is 14.7. The molecular formula is C40H45N4O5+. The molecule has 0 amide bonds. The molecule has 0 saturated carbocycles. The van der Waals surface area contributed by atoms with Gasteiger partial charge in [0, 0.05) is 44.0 Å². The number of nitrogens with one attached hydrogen (secondary N) is 2. The van der Waals surface area contributed by atoms with Crippen LogP contribution in [0, 0.1) is 29.8 Å². The van der Waals surface area contributed by atoms with E-state index < -0.39 is 18.4 Å². The number of aryl methyl sites for hydroxylation is 1. The Morgan fingerprint density at radius 1 is 1.16 bits per heavy atom. The molecule has 2 aromatic carbocycles. The Morgan fingerprint density at radius 2 is 2.04 bits per heavy atom. The largest absolute Gasteiger partial charge is 0.437 e. The molecule has 5 aliphatic heterocycles. The Balaban J connectivity index is 1.18. The maximum atomic E-state index is 12.7. The summed E-state index contributed by atoms with van der Waals surface area (Å²) < 4.78 is 12.7. The van der Waals surface area contributed by atoms with Crippen molar-refractivity contribution >= 4 is 12.0 Å².